The largest absolute Gasteiger partial charge is 0.366 e. The molecule has 0 bridgehead atoms. The van der Waals surface area contributed by atoms with Crippen molar-refractivity contribution in [1.29, 1.82) is 0 Å². The summed E-state index contributed by atoms with van der Waals surface area (Å²) >= 11 is 0. The van der Waals surface area contributed by atoms with Gasteiger partial charge in [-0.25, -0.2) is 0 Å². The Balaban J connectivity index is 1.84. The Morgan fingerprint density at radius 3 is 2.82 bits per heavy atom. The molecule has 0 spiro atoms. The van der Waals surface area contributed by atoms with Crippen molar-refractivity contribution >= 4 is 5.69 Å². The molecule has 0 saturated carbocycles. The number of hydrogen-bond donors (Lipinski definition) is 1. The van der Waals surface area contributed by atoms with Gasteiger partial charge in [-0.15, -0.1) is 0 Å². The predicted octanol–water partition coefficient (Wildman–Crippen LogP) is 3.69. The first-order valence-electron chi connectivity index (χ1n) is 8.41. The zero-order valence-corrected chi connectivity index (χ0v) is 13.5. The maximum Gasteiger partial charge on any atom is 0.0482 e. The molecule has 2 aliphatic rings. The van der Waals surface area contributed by atoms with Crippen molar-refractivity contribution in [3.63, 3.8) is 0 Å². The number of anilines is 1. The van der Waals surface area contributed by atoms with Gasteiger partial charge in [0, 0.05) is 30.4 Å². The van der Waals surface area contributed by atoms with Crippen LogP contribution in [0.3, 0.4) is 0 Å². The molecule has 2 heteroatoms. The molecule has 4 rings (SSSR count). The van der Waals surface area contributed by atoms with Crippen LogP contribution in [0.4, 0.5) is 5.69 Å². The fourth-order valence-electron chi connectivity index (χ4n) is 4.12. The molecule has 1 saturated heterocycles. The van der Waals surface area contributed by atoms with E-state index < -0.39 is 0 Å². The number of benzene rings is 2. The Kier molecular flexibility index (Phi) is 3.42. The number of nitrogens with one attached hydrogen (secondary N) is 1. The molecular weight excluding hydrogens is 268 g/mol. The molecule has 2 heterocycles. The average molecular weight is 292 g/mol. The lowest BCUT2D eigenvalue weighted by molar-refractivity contribution is 0.612. The molecule has 1 atom stereocenters. The second-order valence-corrected chi connectivity index (χ2v) is 6.72. The fourth-order valence-corrected chi connectivity index (χ4v) is 4.12. The van der Waals surface area contributed by atoms with Gasteiger partial charge in [-0.3, -0.25) is 0 Å². The Labute approximate surface area is 133 Å². The van der Waals surface area contributed by atoms with Crippen molar-refractivity contribution in [2.45, 2.75) is 32.7 Å². The molecule has 1 fully saturated rings. The van der Waals surface area contributed by atoms with Crippen LogP contribution in [0.1, 0.15) is 23.1 Å². The first kappa shape index (κ1) is 13.8. The van der Waals surface area contributed by atoms with Gasteiger partial charge in [0.25, 0.3) is 0 Å². The van der Waals surface area contributed by atoms with Crippen LogP contribution < -0.4 is 10.2 Å². The summed E-state index contributed by atoms with van der Waals surface area (Å²) in [5.41, 5.74) is 8.54. The summed E-state index contributed by atoms with van der Waals surface area (Å²) in [5, 5.41) is 3.54. The highest BCUT2D eigenvalue weighted by atomic mass is 15.2. The molecule has 1 unspecified atom stereocenters. The molecular formula is C20H24N2. The molecule has 114 valence electrons. The van der Waals surface area contributed by atoms with Gasteiger partial charge in [0.1, 0.15) is 0 Å². The summed E-state index contributed by atoms with van der Waals surface area (Å²) < 4.78 is 0. The summed E-state index contributed by atoms with van der Waals surface area (Å²) in [5.74, 6) is 0. The van der Waals surface area contributed by atoms with Crippen molar-refractivity contribution in [2.24, 2.45) is 0 Å². The smallest absolute Gasteiger partial charge is 0.0482 e. The van der Waals surface area contributed by atoms with Gasteiger partial charge >= 0.3 is 0 Å². The summed E-state index contributed by atoms with van der Waals surface area (Å²) in [6.45, 7) is 7.77. The maximum atomic E-state index is 3.54. The predicted molar refractivity (Wildman–Crippen MR) is 93.7 cm³/mol. The highest BCUT2D eigenvalue weighted by Crippen LogP contribution is 2.42. The second kappa shape index (κ2) is 5.44. The van der Waals surface area contributed by atoms with Crippen LogP contribution in [0.5, 0.6) is 0 Å². The number of para-hydroxylation sites is 1. The van der Waals surface area contributed by atoms with E-state index in [4.69, 9.17) is 0 Å². The first-order chi connectivity index (χ1) is 10.7. The van der Waals surface area contributed by atoms with Crippen molar-refractivity contribution in [3.8, 4) is 11.1 Å². The number of rotatable bonds is 1. The molecule has 1 N–H and O–H groups in total. The van der Waals surface area contributed by atoms with Gasteiger partial charge in [0.05, 0.1) is 0 Å². The minimum absolute atomic E-state index is 0.678. The summed E-state index contributed by atoms with van der Waals surface area (Å²) in [6, 6.07) is 14.4. The Morgan fingerprint density at radius 2 is 1.95 bits per heavy atom. The number of aryl methyl sites for hydroxylation is 2. The third-order valence-corrected chi connectivity index (χ3v) is 5.16. The molecule has 22 heavy (non-hydrogen) atoms. The van der Waals surface area contributed by atoms with Gasteiger partial charge < -0.3 is 10.2 Å². The third kappa shape index (κ3) is 2.22. The topological polar surface area (TPSA) is 15.3 Å². The number of hydrogen-bond acceptors (Lipinski definition) is 2. The van der Waals surface area contributed by atoms with Crippen molar-refractivity contribution in [1.82, 2.24) is 5.32 Å². The molecule has 2 nitrogen and oxygen atoms in total. The van der Waals surface area contributed by atoms with Crippen LogP contribution in [0.15, 0.2) is 36.4 Å². The number of nitrogens with zero attached hydrogens (tertiary/aromatic N) is 1. The van der Waals surface area contributed by atoms with Crippen LogP contribution in [-0.2, 0) is 6.42 Å². The van der Waals surface area contributed by atoms with Crippen LogP contribution in [-0.4, -0.2) is 25.7 Å². The Morgan fingerprint density at radius 1 is 1.05 bits per heavy atom. The molecule has 0 amide bonds. The van der Waals surface area contributed by atoms with Crippen molar-refractivity contribution in [2.75, 3.05) is 24.5 Å². The monoisotopic (exact) mass is 292 g/mol. The van der Waals surface area contributed by atoms with E-state index >= 15 is 0 Å². The molecule has 2 aromatic carbocycles. The van der Waals surface area contributed by atoms with E-state index in [1.807, 2.05) is 0 Å². The summed E-state index contributed by atoms with van der Waals surface area (Å²) in [4.78, 5) is 2.66. The standard InChI is InChI=1S/C20H24N2/c1-14-6-7-18(15(2)12-14)19-5-3-4-16-13-17-8-9-21-10-11-22(17)20(16)19/h3-7,12,17,21H,8-11,13H2,1-2H3. The van der Waals surface area contributed by atoms with Gasteiger partial charge in [-0.05, 0) is 49.9 Å². The second-order valence-electron chi connectivity index (χ2n) is 6.72. The van der Waals surface area contributed by atoms with E-state index in [1.165, 1.54) is 46.3 Å². The SMILES string of the molecule is Cc1ccc(-c2cccc3c2N2CCNCCC2C3)c(C)c1. The van der Waals surface area contributed by atoms with Gasteiger partial charge in [-0.1, -0.05) is 42.0 Å². The zero-order chi connectivity index (χ0) is 15.1. The van der Waals surface area contributed by atoms with Gasteiger partial charge in [-0.2, -0.15) is 0 Å². The number of fused-ring (bicyclic) bond motifs is 3. The quantitative estimate of drug-likeness (QED) is 0.862. The van der Waals surface area contributed by atoms with Crippen LogP contribution in [0.2, 0.25) is 0 Å². The highest BCUT2D eigenvalue weighted by molar-refractivity contribution is 5.84. The zero-order valence-electron chi connectivity index (χ0n) is 13.5. The van der Waals surface area contributed by atoms with E-state index in [2.05, 4.69) is 60.5 Å². The summed E-state index contributed by atoms with van der Waals surface area (Å²) in [7, 11) is 0. The normalized spacial score (nSPS) is 20.5. The molecule has 2 aliphatic heterocycles. The lowest BCUT2D eigenvalue weighted by atomic mass is 9.95. The van der Waals surface area contributed by atoms with E-state index in [1.54, 1.807) is 0 Å². The average Bonchev–Trinajstić information content (AvgIpc) is 2.70. The molecule has 0 radical (unpaired) electrons. The van der Waals surface area contributed by atoms with Gasteiger partial charge in [0.15, 0.2) is 0 Å². The molecule has 0 aliphatic carbocycles. The maximum absolute atomic E-state index is 3.54. The third-order valence-electron chi connectivity index (χ3n) is 5.16. The van der Waals surface area contributed by atoms with Crippen LogP contribution >= 0.6 is 0 Å². The van der Waals surface area contributed by atoms with E-state index in [9.17, 15) is 0 Å². The Hall–Kier alpha value is -1.80. The molecule has 2 aromatic rings. The van der Waals surface area contributed by atoms with Crippen molar-refractivity contribution in [3.05, 3.63) is 53.1 Å². The molecule has 0 aromatic heterocycles. The minimum Gasteiger partial charge on any atom is -0.366 e. The van der Waals surface area contributed by atoms with Crippen LogP contribution in [0.25, 0.3) is 11.1 Å². The highest BCUT2D eigenvalue weighted by Gasteiger charge is 2.32. The summed E-state index contributed by atoms with van der Waals surface area (Å²) in [6.07, 6.45) is 2.46. The lowest BCUT2D eigenvalue weighted by Crippen LogP contribution is -2.33. The van der Waals surface area contributed by atoms with Gasteiger partial charge in [0.2, 0.25) is 0 Å². The fraction of sp³-hybridized carbons (Fsp3) is 0.400. The van der Waals surface area contributed by atoms with E-state index in [0.29, 0.717) is 6.04 Å². The van der Waals surface area contributed by atoms with Crippen LogP contribution in [0, 0.1) is 13.8 Å². The first-order valence-corrected chi connectivity index (χ1v) is 8.41. The van der Waals surface area contributed by atoms with E-state index in [0.717, 1.165) is 19.6 Å². The Bertz CT molecular complexity index is 705. The minimum atomic E-state index is 0.678. The van der Waals surface area contributed by atoms with E-state index in [-0.39, 0.29) is 0 Å². The van der Waals surface area contributed by atoms with Crippen molar-refractivity contribution < 1.29 is 0 Å². The lowest BCUT2D eigenvalue weighted by Gasteiger charge is -2.27.